The van der Waals surface area contributed by atoms with Gasteiger partial charge in [0.2, 0.25) is 0 Å². The number of hydrogen-bond acceptors (Lipinski definition) is 1. The molecule has 0 aliphatic rings. The van der Waals surface area contributed by atoms with Crippen LogP contribution in [0.1, 0.15) is 51.1 Å². The van der Waals surface area contributed by atoms with E-state index >= 15 is 0 Å². The zero-order chi connectivity index (χ0) is 12.7. The van der Waals surface area contributed by atoms with Gasteiger partial charge in [-0.1, -0.05) is 38.3 Å². The fourth-order valence-corrected chi connectivity index (χ4v) is 1.84. The van der Waals surface area contributed by atoms with E-state index in [9.17, 15) is 8.78 Å². The molecule has 1 unspecified atom stereocenters. The first kappa shape index (κ1) is 14.1. The first-order valence-corrected chi connectivity index (χ1v) is 6.34. The Morgan fingerprint density at radius 3 is 2.65 bits per heavy atom. The summed E-state index contributed by atoms with van der Waals surface area (Å²) in [6, 6.07) is 4.17. The van der Waals surface area contributed by atoms with Gasteiger partial charge in [-0.2, -0.15) is 0 Å². The van der Waals surface area contributed by atoms with E-state index in [4.69, 9.17) is 0 Å². The fraction of sp³-hybridized carbons (Fsp3) is 0.571. The molecule has 1 aromatic rings. The number of halogens is 2. The van der Waals surface area contributed by atoms with E-state index in [0.29, 0.717) is 5.56 Å². The summed E-state index contributed by atoms with van der Waals surface area (Å²) in [5.74, 6) is -1.51. The van der Waals surface area contributed by atoms with Gasteiger partial charge in [-0.05, 0) is 26.0 Å². The lowest BCUT2D eigenvalue weighted by molar-refractivity contribution is 0.468. The first-order chi connectivity index (χ1) is 8.16. The Kier molecular flexibility index (Phi) is 6.12. The van der Waals surface area contributed by atoms with E-state index in [1.807, 2.05) is 6.92 Å². The lowest BCUT2D eigenvalue weighted by atomic mass is 10.1. The molecule has 1 nitrogen and oxygen atoms in total. The molecule has 1 N–H and O–H groups in total. The molecule has 0 fully saturated rings. The smallest absolute Gasteiger partial charge is 0.163 e. The summed E-state index contributed by atoms with van der Waals surface area (Å²) >= 11 is 0. The van der Waals surface area contributed by atoms with Crippen molar-refractivity contribution in [3.05, 3.63) is 35.4 Å². The van der Waals surface area contributed by atoms with Crippen molar-refractivity contribution in [2.24, 2.45) is 0 Å². The Balaban J connectivity index is 2.41. The van der Waals surface area contributed by atoms with Gasteiger partial charge in [-0.3, -0.25) is 0 Å². The van der Waals surface area contributed by atoms with Gasteiger partial charge in [0.05, 0.1) is 0 Å². The van der Waals surface area contributed by atoms with Crippen LogP contribution >= 0.6 is 0 Å². The molecular formula is C14H21F2N. The predicted octanol–water partition coefficient (Wildman–Crippen LogP) is 4.20. The van der Waals surface area contributed by atoms with Crippen LogP contribution in [-0.4, -0.2) is 6.54 Å². The topological polar surface area (TPSA) is 12.0 Å². The zero-order valence-corrected chi connectivity index (χ0v) is 10.6. The van der Waals surface area contributed by atoms with Gasteiger partial charge in [0.25, 0.3) is 0 Å². The van der Waals surface area contributed by atoms with Crippen molar-refractivity contribution in [3.63, 3.8) is 0 Å². The van der Waals surface area contributed by atoms with E-state index in [-0.39, 0.29) is 6.04 Å². The third-order valence-electron chi connectivity index (χ3n) is 2.93. The molecule has 1 rings (SSSR count). The molecule has 1 atom stereocenters. The fourth-order valence-electron chi connectivity index (χ4n) is 1.84. The van der Waals surface area contributed by atoms with Crippen LogP contribution in [0.25, 0.3) is 0 Å². The Hall–Kier alpha value is -0.960. The number of unbranched alkanes of at least 4 members (excludes halogenated alkanes) is 3. The molecule has 0 saturated heterocycles. The highest BCUT2D eigenvalue weighted by atomic mass is 19.2. The van der Waals surface area contributed by atoms with E-state index in [0.717, 1.165) is 19.0 Å². The highest BCUT2D eigenvalue weighted by molar-refractivity contribution is 5.21. The van der Waals surface area contributed by atoms with E-state index < -0.39 is 11.6 Å². The van der Waals surface area contributed by atoms with Crippen LogP contribution in [0.2, 0.25) is 0 Å². The monoisotopic (exact) mass is 241 g/mol. The summed E-state index contributed by atoms with van der Waals surface area (Å²) < 4.78 is 26.5. The van der Waals surface area contributed by atoms with Crippen LogP contribution < -0.4 is 5.32 Å². The number of rotatable bonds is 7. The van der Waals surface area contributed by atoms with Crippen LogP contribution in [0.5, 0.6) is 0 Å². The molecule has 0 aliphatic heterocycles. The molecule has 0 bridgehead atoms. The van der Waals surface area contributed by atoms with Gasteiger partial charge < -0.3 is 5.32 Å². The van der Waals surface area contributed by atoms with Gasteiger partial charge in [-0.25, -0.2) is 8.78 Å². The number of benzene rings is 1. The van der Waals surface area contributed by atoms with E-state index in [1.165, 1.54) is 19.3 Å². The number of hydrogen-bond donors (Lipinski definition) is 1. The molecule has 0 aromatic heterocycles. The quantitative estimate of drug-likeness (QED) is 0.706. The molecule has 0 amide bonds. The molecule has 0 spiro atoms. The van der Waals surface area contributed by atoms with Crippen molar-refractivity contribution in [3.8, 4) is 0 Å². The van der Waals surface area contributed by atoms with Crippen molar-refractivity contribution in [1.82, 2.24) is 5.32 Å². The van der Waals surface area contributed by atoms with Crippen LogP contribution in [0, 0.1) is 11.6 Å². The third kappa shape index (κ3) is 4.43. The van der Waals surface area contributed by atoms with E-state index in [2.05, 4.69) is 12.2 Å². The van der Waals surface area contributed by atoms with E-state index in [1.54, 1.807) is 12.1 Å². The third-order valence-corrected chi connectivity index (χ3v) is 2.93. The maximum atomic E-state index is 13.5. The zero-order valence-electron chi connectivity index (χ0n) is 10.6. The average Bonchev–Trinajstić information content (AvgIpc) is 2.32. The lowest BCUT2D eigenvalue weighted by Gasteiger charge is -2.15. The molecule has 0 radical (unpaired) electrons. The SMILES string of the molecule is CCCCCCNC(C)c1cccc(F)c1F. The largest absolute Gasteiger partial charge is 0.310 e. The summed E-state index contributed by atoms with van der Waals surface area (Å²) in [5, 5.41) is 3.22. The first-order valence-electron chi connectivity index (χ1n) is 6.34. The summed E-state index contributed by atoms with van der Waals surface area (Å²) in [7, 11) is 0. The standard InChI is InChI=1S/C14H21F2N/c1-3-4-5-6-10-17-11(2)12-8-7-9-13(15)14(12)16/h7-9,11,17H,3-6,10H2,1-2H3. The van der Waals surface area contributed by atoms with Crippen molar-refractivity contribution in [1.29, 1.82) is 0 Å². The van der Waals surface area contributed by atoms with Crippen LogP contribution in [0.4, 0.5) is 8.78 Å². The highest BCUT2D eigenvalue weighted by Gasteiger charge is 2.13. The lowest BCUT2D eigenvalue weighted by Crippen LogP contribution is -2.21. The van der Waals surface area contributed by atoms with Gasteiger partial charge in [0, 0.05) is 11.6 Å². The molecule has 96 valence electrons. The second-order valence-corrected chi connectivity index (χ2v) is 4.38. The van der Waals surface area contributed by atoms with Crippen molar-refractivity contribution in [2.75, 3.05) is 6.54 Å². The van der Waals surface area contributed by atoms with Gasteiger partial charge in [-0.15, -0.1) is 0 Å². The Labute approximate surface area is 102 Å². The minimum absolute atomic E-state index is 0.146. The Bertz CT molecular complexity index is 339. The molecular weight excluding hydrogens is 220 g/mol. The highest BCUT2D eigenvalue weighted by Crippen LogP contribution is 2.18. The maximum Gasteiger partial charge on any atom is 0.163 e. The van der Waals surface area contributed by atoms with Gasteiger partial charge >= 0.3 is 0 Å². The minimum Gasteiger partial charge on any atom is -0.310 e. The second kappa shape index (κ2) is 7.38. The second-order valence-electron chi connectivity index (χ2n) is 4.38. The maximum absolute atomic E-state index is 13.5. The van der Waals surface area contributed by atoms with Gasteiger partial charge in [0.1, 0.15) is 0 Å². The van der Waals surface area contributed by atoms with Crippen LogP contribution in [0.15, 0.2) is 18.2 Å². The molecule has 0 heterocycles. The van der Waals surface area contributed by atoms with Crippen molar-refractivity contribution >= 4 is 0 Å². The molecule has 17 heavy (non-hydrogen) atoms. The predicted molar refractivity (Wildman–Crippen MR) is 66.9 cm³/mol. The minimum atomic E-state index is -0.776. The van der Waals surface area contributed by atoms with Gasteiger partial charge in [0.15, 0.2) is 11.6 Å². The normalized spacial score (nSPS) is 12.7. The molecule has 1 aromatic carbocycles. The molecule has 0 aliphatic carbocycles. The van der Waals surface area contributed by atoms with Crippen LogP contribution in [0.3, 0.4) is 0 Å². The van der Waals surface area contributed by atoms with Crippen molar-refractivity contribution in [2.45, 2.75) is 45.6 Å². The number of nitrogens with one attached hydrogen (secondary N) is 1. The average molecular weight is 241 g/mol. The Morgan fingerprint density at radius 1 is 1.18 bits per heavy atom. The summed E-state index contributed by atoms with van der Waals surface area (Å²) in [4.78, 5) is 0. The Morgan fingerprint density at radius 2 is 1.94 bits per heavy atom. The summed E-state index contributed by atoms with van der Waals surface area (Å²) in [6.45, 7) is 4.87. The van der Waals surface area contributed by atoms with Crippen molar-refractivity contribution < 1.29 is 8.78 Å². The summed E-state index contributed by atoms with van der Waals surface area (Å²) in [6.07, 6.45) is 4.69. The van der Waals surface area contributed by atoms with Crippen LogP contribution in [-0.2, 0) is 0 Å². The molecule has 0 saturated carbocycles. The summed E-state index contributed by atoms with van der Waals surface area (Å²) in [5.41, 5.74) is 0.403. The molecule has 3 heteroatoms.